The van der Waals surface area contributed by atoms with Gasteiger partial charge in [0.15, 0.2) is 6.61 Å². The number of carbonyl (C=O) groups is 2. The van der Waals surface area contributed by atoms with Crippen molar-refractivity contribution >= 4 is 17.5 Å². The zero-order valence-corrected chi connectivity index (χ0v) is 15.1. The van der Waals surface area contributed by atoms with Gasteiger partial charge in [-0.15, -0.1) is 0 Å². The quantitative estimate of drug-likeness (QED) is 0.849. The van der Waals surface area contributed by atoms with Crippen molar-refractivity contribution < 1.29 is 14.3 Å². The van der Waals surface area contributed by atoms with Crippen molar-refractivity contribution in [3.63, 3.8) is 0 Å². The normalized spacial score (nSPS) is 10.2. The maximum Gasteiger partial charge on any atom is 0.258 e. The Labute approximate surface area is 148 Å². The number of benzene rings is 2. The van der Waals surface area contributed by atoms with Gasteiger partial charge < -0.3 is 15.4 Å². The first kappa shape index (κ1) is 18.5. The van der Waals surface area contributed by atoms with E-state index in [-0.39, 0.29) is 25.0 Å². The Balaban J connectivity index is 1.79. The topological polar surface area (TPSA) is 67.4 Å². The van der Waals surface area contributed by atoms with Crippen LogP contribution in [0.4, 0.5) is 5.69 Å². The molecule has 0 spiro atoms. The van der Waals surface area contributed by atoms with Gasteiger partial charge in [0.1, 0.15) is 5.75 Å². The van der Waals surface area contributed by atoms with E-state index in [0.29, 0.717) is 5.75 Å². The van der Waals surface area contributed by atoms with E-state index in [1.165, 1.54) is 0 Å². The molecule has 2 aromatic carbocycles. The molecule has 0 aliphatic rings. The summed E-state index contributed by atoms with van der Waals surface area (Å²) in [5.74, 6) is 0.0166. The fraction of sp³-hybridized carbons (Fsp3) is 0.300. The minimum atomic E-state index is -0.340. The highest BCUT2D eigenvalue weighted by Crippen LogP contribution is 2.21. The molecule has 0 heterocycles. The third-order valence-electron chi connectivity index (χ3n) is 3.78. The van der Waals surface area contributed by atoms with Gasteiger partial charge in [-0.3, -0.25) is 9.59 Å². The number of anilines is 1. The Morgan fingerprint density at radius 3 is 2.08 bits per heavy atom. The molecule has 2 aromatic rings. The highest BCUT2D eigenvalue weighted by molar-refractivity contribution is 5.95. The van der Waals surface area contributed by atoms with Crippen molar-refractivity contribution in [1.82, 2.24) is 5.32 Å². The van der Waals surface area contributed by atoms with Gasteiger partial charge in [-0.1, -0.05) is 35.4 Å². The second-order valence-electron chi connectivity index (χ2n) is 6.20. The third-order valence-corrected chi connectivity index (χ3v) is 3.78. The van der Waals surface area contributed by atoms with E-state index in [0.717, 1.165) is 27.9 Å². The van der Waals surface area contributed by atoms with Crippen LogP contribution in [0, 0.1) is 27.7 Å². The van der Waals surface area contributed by atoms with Gasteiger partial charge in [0.25, 0.3) is 5.91 Å². The third kappa shape index (κ3) is 5.64. The molecule has 0 radical (unpaired) electrons. The average Bonchev–Trinajstić information content (AvgIpc) is 2.55. The second-order valence-corrected chi connectivity index (χ2v) is 6.20. The van der Waals surface area contributed by atoms with Gasteiger partial charge in [0, 0.05) is 5.69 Å². The van der Waals surface area contributed by atoms with Crippen LogP contribution in [-0.4, -0.2) is 25.0 Å². The monoisotopic (exact) mass is 340 g/mol. The van der Waals surface area contributed by atoms with Crippen LogP contribution in [-0.2, 0) is 9.59 Å². The van der Waals surface area contributed by atoms with Gasteiger partial charge >= 0.3 is 0 Å². The Kier molecular flexibility index (Phi) is 6.17. The minimum Gasteiger partial charge on any atom is -0.484 e. The van der Waals surface area contributed by atoms with Crippen LogP contribution < -0.4 is 15.4 Å². The van der Waals surface area contributed by atoms with Crippen molar-refractivity contribution in [3.05, 3.63) is 58.7 Å². The maximum absolute atomic E-state index is 12.1. The molecule has 2 N–H and O–H groups in total. The van der Waals surface area contributed by atoms with E-state index >= 15 is 0 Å². The van der Waals surface area contributed by atoms with Crippen LogP contribution >= 0.6 is 0 Å². The number of ether oxygens (including phenoxy) is 1. The minimum absolute atomic E-state index is 0.0944. The molecule has 0 aliphatic heterocycles. The summed E-state index contributed by atoms with van der Waals surface area (Å²) < 4.78 is 5.38. The van der Waals surface area contributed by atoms with E-state index in [4.69, 9.17) is 4.74 Å². The van der Waals surface area contributed by atoms with E-state index in [2.05, 4.69) is 10.6 Å². The smallest absolute Gasteiger partial charge is 0.258 e. The molecule has 0 bridgehead atoms. The number of nitrogens with one attached hydrogen (secondary N) is 2. The van der Waals surface area contributed by atoms with Gasteiger partial charge in [-0.25, -0.2) is 0 Å². The van der Waals surface area contributed by atoms with Crippen molar-refractivity contribution in [2.45, 2.75) is 27.7 Å². The molecule has 132 valence electrons. The maximum atomic E-state index is 12.1. The number of amides is 2. The zero-order valence-electron chi connectivity index (χ0n) is 15.1. The van der Waals surface area contributed by atoms with Crippen molar-refractivity contribution in [1.29, 1.82) is 0 Å². The molecule has 25 heavy (non-hydrogen) atoms. The Bertz CT molecular complexity index is 744. The van der Waals surface area contributed by atoms with Crippen LogP contribution in [0.15, 0.2) is 36.4 Å². The molecule has 0 fully saturated rings. The summed E-state index contributed by atoms with van der Waals surface area (Å²) >= 11 is 0. The van der Waals surface area contributed by atoms with E-state index in [9.17, 15) is 9.59 Å². The molecule has 0 aromatic heterocycles. The van der Waals surface area contributed by atoms with Gasteiger partial charge in [0.2, 0.25) is 5.91 Å². The number of carbonyl (C=O) groups excluding carboxylic acids is 2. The first-order valence-corrected chi connectivity index (χ1v) is 8.19. The molecule has 5 heteroatoms. The highest BCUT2D eigenvalue weighted by atomic mass is 16.5. The van der Waals surface area contributed by atoms with Crippen LogP contribution in [0.25, 0.3) is 0 Å². The Hall–Kier alpha value is -2.82. The predicted molar refractivity (Wildman–Crippen MR) is 99.0 cm³/mol. The Morgan fingerprint density at radius 1 is 0.880 bits per heavy atom. The number of rotatable bonds is 6. The van der Waals surface area contributed by atoms with Gasteiger partial charge in [-0.05, 0) is 51.0 Å². The summed E-state index contributed by atoms with van der Waals surface area (Å²) in [6, 6.07) is 11.4. The van der Waals surface area contributed by atoms with Crippen LogP contribution in [0.5, 0.6) is 5.75 Å². The molecular formula is C20H24N2O3. The fourth-order valence-electron chi connectivity index (χ4n) is 2.57. The average molecular weight is 340 g/mol. The number of hydrogen-bond acceptors (Lipinski definition) is 3. The summed E-state index contributed by atoms with van der Waals surface area (Å²) in [6.45, 7) is 7.67. The van der Waals surface area contributed by atoms with Crippen LogP contribution in [0.2, 0.25) is 0 Å². The Morgan fingerprint density at radius 2 is 1.48 bits per heavy atom. The van der Waals surface area contributed by atoms with Crippen molar-refractivity contribution in [2.75, 3.05) is 18.5 Å². The molecule has 5 nitrogen and oxygen atoms in total. The molecule has 2 rings (SSSR count). The van der Waals surface area contributed by atoms with Crippen LogP contribution in [0.1, 0.15) is 22.3 Å². The van der Waals surface area contributed by atoms with E-state index in [1.54, 1.807) is 12.1 Å². The molecule has 2 amide bonds. The summed E-state index contributed by atoms with van der Waals surface area (Å²) in [7, 11) is 0. The first-order chi connectivity index (χ1) is 11.8. The van der Waals surface area contributed by atoms with E-state index < -0.39 is 0 Å². The number of aryl methyl sites for hydroxylation is 4. The first-order valence-electron chi connectivity index (χ1n) is 8.19. The fourth-order valence-corrected chi connectivity index (χ4v) is 2.57. The molecule has 0 aliphatic carbocycles. The summed E-state index contributed by atoms with van der Waals surface area (Å²) in [5.41, 5.74) is 5.06. The predicted octanol–water partition coefficient (Wildman–Crippen LogP) is 3.05. The zero-order chi connectivity index (χ0) is 18.4. The standard InChI is InChI=1S/C20H24N2O3/c1-13-5-7-17(8-6-13)25-12-19(24)21-11-18(23)22-20-15(3)9-14(2)10-16(20)4/h5-10H,11-12H2,1-4H3,(H,21,24)(H,22,23). The lowest BCUT2D eigenvalue weighted by Crippen LogP contribution is -2.36. The summed E-state index contributed by atoms with van der Waals surface area (Å²) in [4.78, 5) is 23.9. The molecule has 0 unspecified atom stereocenters. The lowest BCUT2D eigenvalue weighted by molar-refractivity contribution is -0.125. The van der Waals surface area contributed by atoms with Crippen molar-refractivity contribution in [3.8, 4) is 5.75 Å². The lowest BCUT2D eigenvalue weighted by Gasteiger charge is -2.13. The molecule has 0 saturated carbocycles. The lowest BCUT2D eigenvalue weighted by atomic mass is 10.1. The van der Waals surface area contributed by atoms with Gasteiger partial charge in [-0.2, -0.15) is 0 Å². The highest BCUT2D eigenvalue weighted by Gasteiger charge is 2.10. The molecular weight excluding hydrogens is 316 g/mol. The summed E-state index contributed by atoms with van der Waals surface area (Å²) in [6.07, 6.45) is 0. The van der Waals surface area contributed by atoms with Gasteiger partial charge in [0.05, 0.1) is 6.54 Å². The van der Waals surface area contributed by atoms with Crippen molar-refractivity contribution in [2.24, 2.45) is 0 Å². The molecule has 0 atom stereocenters. The SMILES string of the molecule is Cc1ccc(OCC(=O)NCC(=O)Nc2c(C)cc(C)cc2C)cc1. The second kappa shape index (κ2) is 8.33. The van der Waals surface area contributed by atoms with E-state index in [1.807, 2.05) is 52.0 Å². The largest absolute Gasteiger partial charge is 0.484 e. The summed E-state index contributed by atoms with van der Waals surface area (Å²) in [5, 5.41) is 5.41. The molecule has 0 saturated heterocycles. The van der Waals surface area contributed by atoms with Crippen LogP contribution in [0.3, 0.4) is 0 Å². The number of hydrogen-bond donors (Lipinski definition) is 2.